The average molecular weight is 263 g/mol. The molecule has 0 aromatic rings. The van der Waals surface area contributed by atoms with Crippen molar-refractivity contribution in [2.75, 3.05) is 6.54 Å². The second-order valence-electron chi connectivity index (χ2n) is 5.22. The van der Waals surface area contributed by atoms with Gasteiger partial charge in [-0.15, -0.1) is 0 Å². The van der Waals surface area contributed by atoms with Crippen molar-refractivity contribution in [3.05, 3.63) is 12.2 Å². The maximum absolute atomic E-state index is 12.3. The average Bonchev–Trinajstić information content (AvgIpc) is 2.36. The number of carbonyl (C=O) groups is 2. The van der Waals surface area contributed by atoms with Gasteiger partial charge in [0.15, 0.2) is 0 Å². The van der Waals surface area contributed by atoms with Gasteiger partial charge in [0, 0.05) is 25.1 Å². The van der Waals surface area contributed by atoms with Gasteiger partial charge >= 0.3 is 0 Å². The highest BCUT2D eigenvalue weighted by atomic mass is 16.1. The van der Waals surface area contributed by atoms with Gasteiger partial charge in [-0.2, -0.15) is 0 Å². The number of hydrogen-bond acceptors (Lipinski definition) is 3. The van der Waals surface area contributed by atoms with Crippen molar-refractivity contribution in [2.45, 2.75) is 52.4 Å². The largest absolute Gasteiger partial charge is 0.303 e. The zero-order valence-corrected chi connectivity index (χ0v) is 12.1. The highest BCUT2D eigenvalue weighted by Crippen LogP contribution is 2.23. The van der Waals surface area contributed by atoms with Crippen LogP contribution in [0.25, 0.3) is 0 Å². The van der Waals surface area contributed by atoms with Crippen molar-refractivity contribution in [2.24, 2.45) is 16.8 Å². The zero-order chi connectivity index (χ0) is 14.1. The number of nitrogens with zero attached hydrogens (tertiary/aromatic N) is 1. The fourth-order valence-corrected chi connectivity index (χ4v) is 2.54. The van der Waals surface area contributed by atoms with Crippen LogP contribution in [0.3, 0.4) is 0 Å². The lowest BCUT2D eigenvalue weighted by Gasteiger charge is -2.23. The molecule has 1 aliphatic rings. The Bertz CT molecular complexity index is 358. The summed E-state index contributed by atoms with van der Waals surface area (Å²) in [5.41, 5.74) is 0.786. The maximum atomic E-state index is 12.3. The van der Waals surface area contributed by atoms with Crippen LogP contribution < -0.4 is 0 Å². The van der Waals surface area contributed by atoms with Gasteiger partial charge in [-0.25, -0.2) is 0 Å². The van der Waals surface area contributed by atoms with E-state index in [0.29, 0.717) is 12.8 Å². The van der Waals surface area contributed by atoms with Crippen molar-refractivity contribution in [1.82, 2.24) is 0 Å². The number of carbonyl (C=O) groups excluding carboxylic acids is 2. The molecular formula is C16H25NO2. The molecule has 0 saturated carbocycles. The van der Waals surface area contributed by atoms with Gasteiger partial charge < -0.3 is 4.79 Å². The summed E-state index contributed by atoms with van der Waals surface area (Å²) in [4.78, 5) is 27.6. The Hall–Kier alpha value is -1.25. The number of aliphatic imine (C=N–C) groups is 1. The number of rotatable bonds is 6. The first-order valence-corrected chi connectivity index (χ1v) is 7.37. The molecule has 2 unspecified atom stereocenters. The molecule has 0 fully saturated rings. The number of aldehydes is 1. The van der Waals surface area contributed by atoms with Gasteiger partial charge in [-0.1, -0.05) is 32.4 Å². The van der Waals surface area contributed by atoms with Gasteiger partial charge in [0.2, 0.25) is 0 Å². The first-order chi connectivity index (χ1) is 9.20. The molecule has 106 valence electrons. The molecule has 1 heterocycles. The summed E-state index contributed by atoms with van der Waals surface area (Å²) in [6, 6.07) is 0. The molecule has 0 saturated heterocycles. The van der Waals surface area contributed by atoms with Crippen LogP contribution in [-0.4, -0.2) is 24.3 Å². The lowest BCUT2D eigenvalue weighted by atomic mass is 9.82. The number of ketones is 1. The smallest absolute Gasteiger partial charge is 0.142 e. The first-order valence-electron chi connectivity index (χ1n) is 7.37. The Labute approximate surface area is 116 Å². The fraction of sp³-hybridized carbons (Fsp3) is 0.688. The van der Waals surface area contributed by atoms with Crippen LogP contribution in [0.1, 0.15) is 52.4 Å². The molecule has 19 heavy (non-hydrogen) atoms. The van der Waals surface area contributed by atoms with Crippen LogP contribution in [-0.2, 0) is 9.59 Å². The molecule has 1 aliphatic heterocycles. The second kappa shape index (κ2) is 8.78. The summed E-state index contributed by atoms with van der Waals surface area (Å²) >= 11 is 0. The number of hydrogen-bond donors (Lipinski definition) is 0. The number of Topliss-reactive ketones (excluding diaryl/α,β-unsaturated/α-hetero) is 1. The van der Waals surface area contributed by atoms with Crippen molar-refractivity contribution >= 4 is 17.8 Å². The summed E-state index contributed by atoms with van der Waals surface area (Å²) in [6.07, 6.45) is 10.0. The summed E-state index contributed by atoms with van der Waals surface area (Å²) < 4.78 is 0. The Morgan fingerprint density at radius 3 is 2.89 bits per heavy atom. The molecule has 3 heteroatoms. The normalized spacial score (nSPS) is 22.7. The number of allylic oxidation sites excluding steroid dienone is 2. The predicted molar refractivity (Wildman–Crippen MR) is 78.5 cm³/mol. The lowest BCUT2D eigenvalue weighted by molar-refractivity contribution is -0.121. The third-order valence-electron chi connectivity index (χ3n) is 3.57. The van der Waals surface area contributed by atoms with E-state index in [1.807, 2.05) is 0 Å². The topological polar surface area (TPSA) is 46.5 Å². The van der Waals surface area contributed by atoms with Gasteiger partial charge in [0.25, 0.3) is 0 Å². The molecule has 2 atom stereocenters. The monoisotopic (exact) mass is 263 g/mol. The molecule has 0 amide bonds. The minimum atomic E-state index is -0.196. The molecule has 0 radical (unpaired) electrons. The summed E-state index contributed by atoms with van der Waals surface area (Å²) in [6.45, 7) is 4.93. The highest BCUT2D eigenvalue weighted by Gasteiger charge is 2.28. The van der Waals surface area contributed by atoms with Crippen LogP contribution in [0, 0.1) is 11.8 Å². The van der Waals surface area contributed by atoms with Crippen LogP contribution in [0.5, 0.6) is 0 Å². The molecule has 0 bridgehead atoms. The van der Waals surface area contributed by atoms with E-state index in [-0.39, 0.29) is 17.6 Å². The Balaban J connectivity index is 2.88. The van der Waals surface area contributed by atoms with Gasteiger partial charge in [-0.3, -0.25) is 9.79 Å². The van der Waals surface area contributed by atoms with Crippen molar-refractivity contribution in [3.63, 3.8) is 0 Å². The van der Waals surface area contributed by atoms with Gasteiger partial charge in [-0.05, 0) is 25.2 Å². The first kappa shape index (κ1) is 15.8. The molecular weight excluding hydrogens is 238 g/mol. The van der Waals surface area contributed by atoms with Crippen molar-refractivity contribution in [1.29, 1.82) is 0 Å². The molecule has 0 aromatic carbocycles. The quantitative estimate of drug-likeness (QED) is 0.545. The Kier molecular flexibility index (Phi) is 7.31. The zero-order valence-electron chi connectivity index (χ0n) is 12.1. The van der Waals surface area contributed by atoms with E-state index in [1.54, 1.807) is 0 Å². The van der Waals surface area contributed by atoms with Gasteiger partial charge in [0.1, 0.15) is 12.1 Å². The van der Waals surface area contributed by atoms with Crippen LogP contribution in [0.4, 0.5) is 0 Å². The maximum Gasteiger partial charge on any atom is 0.142 e. The van der Waals surface area contributed by atoms with E-state index in [1.165, 1.54) is 0 Å². The van der Waals surface area contributed by atoms with E-state index in [0.717, 1.165) is 44.2 Å². The van der Waals surface area contributed by atoms with Crippen LogP contribution in [0.2, 0.25) is 0 Å². The third-order valence-corrected chi connectivity index (χ3v) is 3.57. The molecule has 0 aromatic heterocycles. The van der Waals surface area contributed by atoms with Crippen molar-refractivity contribution in [3.8, 4) is 0 Å². The molecule has 1 rings (SSSR count). The Morgan fingerprint density at radius 2 is 2.21 bits per heavy atom. The molecule has 0 spiro atoms. The van der Waals surface area contributed by atoms with Crippen LogP contribution in [0.15, 0.2) is 17.1 Å². The van der Waals surface area contributed by atoms with Crippen LogP contribution >= 0.6 is 0 Å². The summed E-state index contributed by atoms with van der Waals surface area (Å²) in [5.74, 6) is 0.184. The minimum Gasteiger partial charge on any atom is -0.303 e. The van der Waals surface area contributed by atoms with E-state index in [4.69, 9.17) is 0 Å². The second-order valence-corrected chi connectivity index (χ2v) is 5.22. The standard InChI is InChI=1S/C16H25NO2/c1-3-4-5-8-13(2)16-14(10-12-18)17-11-7-6-9-15(16)19/h5,8,12-13,16H,3-4,6-7,9-11H2,1-2H3. The number of unbranched alkanes of at least 4 members (excludes halogenated alkanes) is 1. The summed E-state index contributed by atoms with van der Waals surface area (Å²) in [5, 5.41) is 0. The summed E-state index contributed by atoms with van der Waals surface area (Å²) in [7, 11) is 0. The van der Waals surface area contributed by atoms with E-state index in [9.17, 15) is 9.59 Å². The third kappa shape index (κ3) is 5.09. The van der Waals surface area contributed by atoms with E-state index < -0.39 is 0 Å². The highest BCUT2D eigenvalue weighted by molar-refractivity contribution is 6.09. The minimum absolute atomic E-state index is 0.135. The van der Waals surface area contributed by atoms with E-state index >= 15 is 0 Å². The molecule has 0 N–H and O–H groups in total. The SMILES string of the molecule is CCCC=CC(C)C1C(=O)CCCCN=C1CC=O. The van der Waals surface area contributed by atoms with E-state index in [2.05, 4.69) is 31.0 Å². The Morgan fingerprint density at radius 1 is 1.42 bits per heavy atom. The molecule has 0 aliphatic carbocycles. The van der Waals surface area contributed by atoms with Gasteiger partial charge in [0.05, 0.1) is 5.92 Å². The lowest BCUT2D eigenvalue weighted by Crippen LogP contribution is -2.31. The predicted octanol–water partition coefficient (Wildman–Crippen LogP) is 3.38. The van der Waals surface area contributed by atoms with Crippen molar-refractivity contribution < 1.29 is 9.59 Å². The fourth-order valence-electron chi connectivity index (χ4n) is 2.54. The molecule has 3 nitrogen and oxygen atoms in total.